The maximum atomic E-state index is 12.9. The highest BCUT2D eigenvalue weighted by Crippen LogP contribution is 2.35. The van der Waals surface area contributed by atoms with Crippen LogP contribution >= 0.6 is 0 Å². The van der Waals surface area contributed by atoms with Crippen LogP contribution in [0.25, 0.3) is 0 Å². The zero-order valence-electron chi connectivity index (χ0n) is 14.3. The van der Waals surface area contributed by atoms with Crippen LogP contribution in [0, 0.1) is 23.0 Å². The molecule has 3 rings (SSSR count). The van der Waals surface area contributed by atoms with Gasteiger partial charge in [0.05, 0.1) is 10.8 Å². The van der Waals surface area contributed by atoms with Crippen LogP contribution in [0.5, 0.6) is 0 Å². The van der Waals surface area contributed by atoms with Crippen LogP contribution in [-0.2, 0) is 11.8 Å². The normalized spacial score (nSPS) is 19.5. The third kappa shape index (κ3) is 2.92. The summed E-state index contributed by atoms with van der Waals surface area (Å²) in [6, 6.07) is 9.11. The van der Waals surface area contributed by atoms with Crippen LogP contribution in [0.2, 0.25) is 0 Å². The van der Waals surface area contributed by atoms with Crippen molar-refractivity contribution in [1.29, 1.82) is 0 Å². The number of benzene rings is 1. The van der Waals surface area contributed by atoms with Crippen molar-refractivity contribution in [2.45, 2.75) is 12.8 Å². The lowest BCUT2D eigenvalue weighted by Gasteiger charge is -2.16. The van der Waals surface area contributed by atoms with E-state index < -0.39 is 22.7 Å². The maximum Gasteiger partial charge on any atom is 0.322 e. The van der Waals surface area contributed by atoms with Gasteiger partial charge in [0.15, 0.2) is 0 Å². The van der Waals surface area contributed by atoms with Crippen LogP contribution in [0.3, 0.4) is 0 Å². The molecule has 1 N–H and O–H groups in total. The monoisotopic (exact) mass is 358 g/mol. The molecule has 0 saturated carbocycles. The third-order valence-corrected chi connectivity index (χ3v) is 4.73. The Labute approximate surface area is 149 Å². The molecule has 2 aromatic rings. The highest BCUT2D eigenvalue weighted by molar-refractivity contribution is 5.97. The van der Waals surface area contributed by atoms with Gasteiger partial charge in [0.2, 0.25) is 5.69 Å². The zero-order valence-corrected chi connectivity index (χ0v) is 14.3. The summed E-state index contributed by atoms with van der Waals surface area (Å²) in [5, 5.41) is 24.8. The van der Waals surface area contributed by atoms with Crippen molar-refractivity contribution in [3.8, 4) is 0 Å². The summed E-state index contributed by atoms with van der Waals surface area (Å²) in [7, 11) is 1.46. The molecule has 2 atom stereocenters. The van der Waals surface area contributed by atoms with Gasteiger partial charge in [-0.05, 0) is 12.5 Å². The first-order chi connectivity index (χ1) is 12.3. The van der Waals surface area contributed by atoms with Crippen LogP contribution in [0.15, 0.2) is 30.3 Å². The lowest BCUT2D eigenvalue weighted by molar-refractivity contribution is -0.385. The molecule has 0 spiro atoms. The van der Waals surface area contributed by atoms with E-state index in [-0.39, 0.29) is 36.1 Å². The van der Waals surface area contributed by atoms with Gasteiger partial charge in [-0.25, -0.2) is 0 Å². The smallest absolute Gasteiger partial charge is 0.322 e. The number of hydrogen-bond donors (Lipinski definition) is 1. The molecule has 0 bridgehead atoms. The molecule has 2 unspecified atom stereocenters. The van der Waals surface area contributed by atoms with Crippen molar-refractivity contribution in [2.24, 2.45) is 13.0 Å². The molecule has 2 heterocycles. The summed E-state index contributed by atoms with van der Waals surface area (Å²) in [5.41, 5.74) is 0.498. The SMILES string of the molecule is Cc1nn(C)c(C(=O)N2CC(C(=O)O)C(c3ccccc3)C2)c1[N+](=O)[O-]. The predicted molar refractivity (Wildman–Crippen MR) is 90.8 cm³/mol. The molecule has 9 heteroatoms. The number of carbonyl (C=O) groups excluding carboxylic acids is 1. The molecular formula is C17H18N4O5. The second kappa shape index (κ2) is 6.58. The molecule has 0 aliphatic carbocycles. The lowest BCUT2D eigenvalue weighted by atomic mass is 9.89. The van der Waals surface area contributed by atoms with E-state index in [1.54, 1.807) is 0 Å². The second-order valence-corrected chi connectivity index (χ2v) is 6.34. The first-order valence-corrected chi connectivity index (χ1v) is 8.06. The van der Waals surface area contributed by atoms with Crippen molar-refractivity contribution in [3.05, 3.63) is 57.4 Å². The van der Waals surface area contributed by atoms with Crippen LogP contribution < -0.4 is 0 Å². The Bertz CT molecular complexity index is 877. The molecule has 1 fully saturated rings. The summed E-state index contributed by atoms with van der Waals surface area (Å²) in [6.45, 7) is 1.64. The number of amides is 1. The number of likely N-dealkylation sites (tertiary alicyclic amines) is 1. The van der Waals surface area contributed by atoms with Crippen molar-refractivity contribution < 1.29 is 19.6 Å². The Hall–Kier alpha value is -3.23. The average molecular weight is 358 g/mol. The summed E-state index contributed by atoms with van der Waals surface area (Å²) in [4.78, 5) is 36.6. The number of carboxylic acids is 1. The number of carboxylic acid groups (broad SMARTS) is 1. The molecule has 1 aromatic carbocycles. The highest BCUT2D eigenvalue weighted by Gasteiger charge is 2.43. The first-order valence-electron chi connectivity index (χ1n) is 8.06. The van der Waals surface area contributed by atoms with Crippen LogP contribution in [0.4, 0.5) is 5.69 Å². The summed E-state index contributed by atoms with van der Waals surface area (Å²) >= 11 is 0. The number of rotatable bonds is 4. The summed E-state index contributed by atoms with van der Waals surface area (Å²) < 4.78 is 1.18. The number of nitrogens with zero attached hydrogens (tertiary/aromatic N) is 4. The average Bonchev–Trinajstić information content (AvgIpc) is 3.16. The van der Waals surface area contributed by atoms with Gasteiger partial charge in [-0.2, -0.15) is 5.10 Å². The highest BCUT2D eigenvalue weighted by atomic mass is 16.6. The Morgan fingerprint density at radius 2 is 1.92 bits per heavy atom. The van der Waals surface area contributed by atoms with Gasteiger partial charge in [-0.15, -0.1) is 0 Å². The van der Waals surface area contributed by atoms with E-state index in [0.717, 1.165) is 5.56 Å². The largest absolute Gasteiger partial charge is 0.481 e. The van der Waals surface area contributed by atoms with Crippen molar-refractivity contribution in [2.75, 3.05) is 13.1 Å². The van der Waals surface area contributed by atoms with E-state index in [1.165, 1.54) is 23.6 Å². The fraction of sp³-hybridized carbons (Fsp3) is 0.353. The molecule has 1 amide bonds. The van der Waals surface area contributed by atoms with E-state index in [1.807, 2.05) is 30.3 Å². The predicted octanol–water partition coefficient (Wildman–Crippen LogP) is 1.58. The van der Waals surface area contributed by atoms with Crippen molar-refractivity contribution in [1.82, 2.24) is 14.7 Å². The lowest BCUT2D eigenvalue weighted by Crippen LogP contribution is -2.31. The minimum atomic E-state index is -0.996. The fourth-order valence-corrected chi connectivity index (χ4v) is 3.51. The Balaban J connectivity index is 1.95. The molecule has 1 aliphatic heterocycles. The zero-order chi connectivity index (χ0) is 19.0. The standard InChI is InChI=1S/C17H18N4O5/c1-10-14(21(25)26)15(19(2)18-10)16(22)20-8-12(13(9-20)17(23)24)11-6-4-3-5-7-11/h3-7,12-13H,8-9H2,1-2H3,(H,23,24). The number of aryl methyl sites for hydroxylation is 2. The first kappa shape index (κ1) is 17.6. The van der Waals surface area contributed by atoms with E-state index in [9.17, 15) is 24.8 Å². The van der Waals surface area contributed by atoms with E-state index in [0.29, 0.717) is 0 Å². The van der Waals surface area contributed by atoms with Gasteiger partial charge in [0.1, 0.15) is 5.69 Å². The molecule has 1 saturated heterocycles. The van der Waals surface area contributed by atoms with Gasteiger partial charge in [-0.1, -0.05) is 30.3 Å². The molecule has 1 aliphatic rings. The van der Waals surface area contributed by atoms with Gasteiger partial charge >= 0.3 is 11.7 Å². The van der Waals surface area contributed by atoms with Crippen LogP contribution in [-0.4, -0.2) is 49.7 Å². The number of aromatic nitrogens is 2. The number of hydrogen-bond acceptors (Lipinski definition) is 5. The molecule has 136 valence electrons. The van der Waals surface area contributed by atoms with Crippen LogP contribution in [0.1, 0.15) is 27.7 Å². The van der Waals surface area contributed by atoms with E-state index >= 15 is 0 Å². The van der Waals surface area contributed by atoms with Gasteiger partial charge in [-0.3, -0.25) is 24.4 Å². The van der Waals surface area contributed by atoms with E-state index in [4.69, 9.17) is 0 Å². The minimum absolute atomic E-state index is 0.00485. The molecule has 0 radical (unpaired) electrons. The van der Waals surface area contributed by atoms with E-state index in [2.05, 4.69) is 5.10 Å². The maximum absolute atomic E-state index is 12.9. The Morgan fingerprint density at radius 1 is 1.27 bits per heavy atom. The number of aliphatic carboxylic acids is 1. The third-order valence-electron chi connectivity index (χ3n) is 4.73. The Kier molecular flexibility index (Phi) is 4.45. The topological polar surface area (TPSA) is 119 Å². The van der Waals surface area contributed by atoms with Crippen molar-refractivity contribution in [3.63, 3.8) is 0 Å². The molecule has 1 aromatic heterocycles. The summed E-state index contributed by atoms with van der Waals surface area (Å²) in [5.74, 6) is -2.71. The Morgan fingerprint density at radius 3 is 2.50 bits per heavy atom. The quantitative estimate of drug-likeness (QED) is 0.655. The molecule has 9 nitrogen and oxygen atoms in total. The minimum Gasteiger partial charge on any atom is -0.481 e. The number of carbonyl (C=O) groups is 2. The second-order valence-electron chi connectivity index (χ2n) is 6.34. The van der Waals surface area contributed by atoms with Gasteiger partial charge < -0.3 is 10.0 Å². The molecule has 26 heavy (non-hydrogen) atoms. The van der Waals surface area contributed by atoms with Crippen molar-refractivity contribution >= 4 is 17.6 Å². The molecular weight excluding hydrogens is 340 g/mol. The number of nitro groups is 1. The summed E-state index contributed by atoms with van der Waals surface area (Å²) in [6.07, 6.45) is 0. The van der Waals surface area contributed by atoms with Gasteiger partial charge in [0.25, 0.3) is 5.91 Å². The van der Waals surface area contributed by atoms with Gasteiger partial charge in [0, 0.05) is 26.1 Å². The fourth-order valence-electron chi connectivity index (χ4n) is 3.51.